The third-order valence-corrected chi connectivity index (χ3v) is 3.00. The van der Waals surface area contributed by atoms with Crippen molar-refractivity contribution in [3.63, 3.8) is 0 Å². The van der Waals surface area contributed by atoms with E-state index in [9.17, 15) is 4.79 Å². The summed E-state index contributed by atoms with van der Waals surface area (Å²) in [6.45, 7) is 2.91. The molecule has 0 saturated carbocycles. The Morgan fingerprint density at radius 1 is 1.05 bits per heavy atom. The zero-order chi connectivity index (χ0) is 15.8. The van der Waals surface area contributed by atoms with Crippen LogP contribution in [0.15, 0.2) is 54.6 Å². The topological polar surface area (TPSA) is 55.8 Å². The van der Waals surface area contributed by atoms with Crippen molar-refractivity contribution in [2.24, 2.45) is 0 Å². The third-order valence-electron chi connectivity index (χ3n) is 3.00. The van der Waals surface area contributed by atoms with Gasteiger partial charge in [0.1, 0.15) is 24.7 Å². The molecule has 2 rings (SSSR count). The molecule has 0 fully saturated rings. The molecule has 0 aliphatic carbocycles. The molecule has 2 aromatic rings. The quantitative estimate of drug-likeness (QED) is 0.627. The van der Waals surface area contributed by atoms with Gasteiger partial charge in [-0.2, -0.15) is 0 Å². The molecule has 0 saturated heterocycles. The second kappa shape index (κ2) is 7.88. The summed E-state index contributed by atoms with van der Waals surface area (Å²) in [5.74, 6) is 0.620. The molecule has 0 atom stereocenters. The molecule has 1 N–H and O–H groups in total. The van der Waals surface area contributed by atoms with Crippen LogP contribution in [-0.2, 0) is 4.79 Å². The second-order valence-electron chi connectivity index (χ2n) is 4.70. The highest BCUT2D eigenvalue weighted by molar-refractivity contribution is 5.85. The van der Waals surface area contributed by atoms with Crippen LogP contribution in [0.4, 0.5) is 0 Å². The average Bonchev–Trinajstić information content (AvgIpc) is 2.52. The van der Waals surface area contributed by atoms with Crippen molar-refractivity contribution in [3.8, 4) is 11.5 Å². The van der Waals surface area contributed by atoms with Crippen LogP contribution in [0.25, 0.3) is 6.08 Å². The molecule has 0 amide bonds. The number of hydrogen-bond donors (Lipinski definition) is 1. The zero-order valence-electron chi connectivity index (χ0n) is 12.4. The highest BCUT2D eigenvalue weighted by Gasteiger charge is 1.98. The van der Waals surface area contributed by atoms with Crippen LogP contribution in [-0.4, -0.2) is 24.3 Å². The lowest BCUT2D eigenvalue weighted by molar-refractivity contribution is -0.131. The van der Waals surface area contributed by atoms with Gasteiger partial charge in [0, 0.05) is 6.08 Å². The van der Waals surface area contributed by atoms with Gasteiger partial charge < -0.3 is 14.6 Å². The van der Waals surface area contributed by atoms with E-state index in [0.717, 1.165) is 28.7 Å². The lowest BCUT2D eigenvalue weighted by Gasteiger charge is -2.10. The fourth-order valence-electron chi connectivity index (χ4n) is 1.87. The summed E-state index contributed by atoms with van der Waals surface area (Å²) in [5.41, 5.74) is 1.91. The molecule has 0 aliphatic heterocycles. The van der Waals surface area contributed by atoms with Crippen molar-refractivity contribution in [1.29, 1.82) is 0 Å². The van der Waals surface area contributed by atoms with Gasteiger partial charge in [0.15, 0.2) is 0 Å². The van der Waals surface area contributed by atoms with Crippen molar-refractivity contribution < 1.29 is 19.4 Å². The molecule has 114 valence electrons. The first kappa shape index (κ1) is 15.6. The minimum absolute atomic E-state index is 0.443. The highest BCUT2D eigenvalue weighted by Crippen LogP contribution is 2.16. The maximum Gasteiger partial charge on any atom is 0.328 e. The molecule has 0 aliphatic rings. The third kappa shape index (κ3) is 4.98. The largest absolute Gasteiger partial charge is 0.490 e. The molecule has 0 spiro atoms. The van der Waals surface area contributed by atoms with Gasteiger partial charge in [-0.3, -0.25) is 0 Å². The van der Waals surface area contributed by atoms with Gasteiger partial charge in [0.25, 0.3) is 0 Å². The van der Waals surface area contributed by atoms with E-state index >= 15 is 0 Å². The summed E-state index contributed by atoms with van der Waals surface area (Å²) in [4.78, 5) is 10.4. The van der Waals surface area contributed by atoms with E-state index in [2.05, 4.69) is 0 Å². The first-order valence-electron chi connectivity index (χ1n) is 6.97. The molecule has 2 aromatic carbocycles. The van der Waals surface area contributed by atoms with Gasteiger partial charge in [0.05, 0.1) is 0 Å². The van der Waals surface area contributed by atoms with Gasteiger partial charge in [-0.25, -0.2) is 4.79 Å². The Labute approximate surface area is 129 Å². The van der Waals surface area contributed by atoms with Crippen LogP contribution in [0.1, 0.15) is 11.1 Å². The van der Waals surface area contributed by atoms with Crippen LogP contribution in [0.5, 0.6) is 11.5 Å². The van der Waals surface area contributed by atoms with Crippen LogP contribution in [0.3, 0.4) is 0 Å². The number of para-hydroxylation sites is 1. The Hall–Kier alpha value is -2.75. The first-order chi connectivity index (χ1) is 10.6. The molecular weight excluding hydrogens is 280 g/mol. The summed E-state index contributed by atoms with van der Waals surface area (Å²) in [5, 5.41) is 8.56. The summed E-state index contributed by atoms with van der Waals surface area (Å²) < 4.78 is 11.2. The Bertz CT molecular complexity index is 644. The molecule has 0 unspecified atom stereocenters. The number of ether oxygens (including phenoxy) is 2. The molecule has 4 nitrogen and oxygen atoms in total. The number of carboxylic acids is 1. The van der Waals surface area contributed by atoms with Crippen molar-refractivity contribution in [2.75, 3.05) is 13.2 Å². The maximum atomic E-state index is 10.4. The number of carbonyl (C=O) groups is 1. The first-order valence-corrected chi connectivity index (χ1v) is 6.97. The number of benzene rings is 2. The van der Waals surface area contributed by atoms with Gasteiger partial charge in [0.2, 0.25) is 0 Å². The van der Waals surface area contributed by atoms with Crippen molar-refractivity contribution in [1.82, 2.24) is 0 Å². The number of rotatable bonds is 7. The predicted molar refractivity (Wildman–Crippen MR) is 85.3 cm³/mol. The Morgan fingerprint density at radius 3 is 2.41 bits per heavy atom. The van der Waals surface area contributed by atoms with E-state index in [0.29, 0.717) is 13.2 Å². The maximum absolute atomic E-state index is 10.4. The van der Waals surface area contributed by atoms with E-state index < -0.39 is 5.97 Å². The highest BCUT2D eigenvalue weighted by atomic mass is 16.5. The van der Waals surface area contributed by atoms with E-state index in [-0.39, 0.29) is 0 Å². The monoisotopic (exact) mass is 298 g/mol. The summed E-state index contributed by atoms with van der Waals surface area (Å²) in [6.07, 6.45) is 2.64. The van der Waals surface area contributed by atoms with Crippen LogP contribution in [0.2, 0.25) is 0 Å². The summed E-state index contributed by atoms with van der Waals surface area (Å²) in [7, 11) is 0. The fraction of sp³-hybridized carbons (Fsp3) is 0.167. The number of carboxylic acid groups (broad SMARTS) is 1. The number of aryl methyl sites for hydroxylation is 1. The van der Waals surface area contributed by atoms with E-state index in [1.54, 1.807) is 24.3 Å². The summed E-state index contributed by atoms with van der Waals surface area (Å²) >= 11 is 0. The molecule has 0 aromatic heterocycles. The summed E-state index contributed by atoms with van der Waals surface area (Å²) in [6, 6.07) is 15.0. The van der Waals surface area contributed by atoms with E-state index in [4.69, 9.17) is 14.6 Å². The van der Waals surface area contributed by atoms with Gasteiger partial charge in [-0.05, 0) is 42.3 Å². The smallest absolute Gasteiger partial charge is 0.328 e. The van der Waals surface area contributed by atoms with Crippen LogP contribution in [0, 0.1) is 6.92 Å². The Morgan fingerprint density at radius 2 is 1.73 bits per heavy atom. The minimum Gasteiger partial charge on any atom is -0.490 e. The zero-order valence-corrected chi connectivity index (χ0v) is 12.4. The molecule has 0 heterocycles. The molecule has 0 bridgehead atoms. The van der Waals surface area contributed by atoms with Gasteiger partial charge in [-0.1, -0.05) is 30.3 Å². The van der Waals surface area contributed by atoms with Crippen molar-refractivity contribution in [2.45, 2.75) is 6.92 Å². The SMILES string of the molecule is Cc1ccccc1OCCOc1ccc(/C=C\C(=O)O)cc1. The average molecular weight is 298 g/mol. The van der Waals surface area contributed by atoms with Crippen molar-refractivity contribution >= 4 is 12.0 Å². The van der Waals surface area contributed by atoms with Crippen LogP contribution < -0.4 is 9.47 Å². The van der Waals surface area contributed by atoms with E-state index in [1.807, 2.05) is 31.2 Å². The molecule has 4 heteroatoms. The molecule has 0 radical (unpaired) electrons. The van der Waals surface area contributed by atoms with Crippen molar-refractivity contribution in [3.05, 3.63) is 65.7 Å². The second-order valence-corrected chi connectivity index (χ2v) is 4.70. The van der Waals surface area contributed by atoms with E-state index in [1.165, 1.54) is 6.08 Å². The Kier molecular flexibility index (Phi) is 5.60. The number of hydrogen-bond acceptors (Lipinski definition) is 3. The standard InChI is InChI=1S/C18H18O4/c1-14-4-2-3-5-17(14)22-13-12-21-16-9-6-15(7-10-16)8-11-18(19)20/h2-11H,12-13H2,1H3,(H,19,20)/b11-8-. The normalized spacial score (nSPS) is 10.6. The fourth-order valence-corrected chi connectivity index (χ4v) is 1.87. The molecular formula is C18H18O4. The lowest BCUT2D eigenvalue weighted by atomic mass is 10.2. The van der Waals surface area contributed by atoms with Gasteiger partial charge in [-0.15, -0.1) is 0 Å². The Balaban J connectivity index is 1.78. The minimum atomic E-state index is -0.964. The molecule has 22 heavy (non-hydrogen) atoms. The van der Waals surface area contributed by atoms with Gasteiger partial charge >= 0.3 is 5.97 Å². The number of aliphatic carboxylic acids is 1. The van der Waals surface area contributed by atoms with Crippen LogP contribution >= 0.6 is 0 Å². The lowest BCUT2D eigenvalue weighted by Crippen LogP contribution is -2.09. The predicted octanol–water partition coefficient (Wildman–Crippen LogP) is 3.55.